The van der Waals surface area contributed by atoms with Gasteiger partial charge in [0.05, 0.1) is 7.11 Å². The summed E-state index contributed by atoms with van der Waals surface area (Å²) in [5, 5.41) is 2.55. The maximum absolute atomic E-state index is 11.6. The molecule has 0 aliphatic heterocycles. The van der Waals surface area contributed by atoms with E-state index < -0.39 is 11.9 Å². The topological polar surface area (TPSA) is 67.4 Å². The summed E-state index contributed by atoms with van der Waals surface area (Å²) in [6.45, 7) is 1.58. The molecule has 2 N–H and O–H groups in total. The van der Waals surface area contributed by atoms with E-state index in [1.807, 2.05) is 6.07 Å². The minimum Gasteiger partial charge on any atom is -0.340 e. The highest BCUT2D eigenvalue weighted by molar-refractivity contribution is 5.97. The molecule has 5 heteroatoms. The Morgan fingerprint density at radius 2 is 1.88 bits per heavy atom. The van der Waals surface area contributed by atoms with E-state index in [0.29, 0.717) is 5.56 Å². The van der Waals surface area contributed by atoms with Gasteiger partial charge >= 0.3 is 0 Å². The molecule has 1 unspecified atom stereocenters. The van der Waals surface area contributed by atoms with Crippen LogP contribution in [0.2, 0.25) is 0 Å². The van der Waals surface area contributed by atoms with Crippen molar-refractivity contribution in [3.8, 4) is 0 Å². The van der Waals surface area contributed by atoms with Crippen molar-refractivity contribution in [2.75, 3.05) is 7.11 Å². The normalized spacial score (nSPS) is 11.6. The van der Waals surface area contributed by atoms with Gasteiger partial charge in [-0.3, -0.25) is 14.4 Å². The molecule has 0 heterocycles. The SMILES string of the molecule is CONC(=O)C(C)NC(=O)c1ccccc1. The second kappa shape index (κ2) is 5.87. The van der Waals surface area contributed by atoms with Crippen LogP contribution in [0.1, 0.15) is 17.3 Å². The van der Waals surface area contributed by atoms with Gasteiger partial charge in [-0.15, -0.1) is 0 Å². The largest absolute Gasteiger partial charge is 0.340 e. The van der Waals surface area contributed by atoms with Crippen LogP contribution in [-0.2, 0) is 9.63 Å². The first-order valence-corrected chi connectivity index (χ1v) is 4.84. The van der Waals surface area contributed by atoms with Gasteiger partial charge in [-0.1, -0.05) is 18.2 Å². The Bertz CT molecular complexity index is 365. The molecule has 16 heavy (non-hydrogen) atoms. The summed E-state index contributed by atoms with van der Waals surface area (Å²) in [6.07, 6.45) is 0. The summed E-state index contributed by atoms with van der Waals surface area (Å²) in [4.78, 5) is 27.4. The lowest BCUT2D eigenvalue weighted by atomic mass is 10.2. The molecule has 1 rings (SSSR count). The van der Waals surface area contributed by atoms with E-state index in [1.54, 1.807) is 31.2 Å². The summed E-state index contributed by atoms with van der Waals surface area (Å²) in [5.41, 5.74) is 2.66. The minimum absolute atomic E-state index is 0.292. The van der Waals surface area contributed by atoms with Gasteiger partial charge in [0.1, 0.15) is 6.04 Å². The predicted molar refractivity (Wildman–Crippen MR) is 58.5 cm³/mol. The van der Waals surface area contributed by atoms with Crippen LogP contribution in [0, 0.1) is 0 Å². The van der Waals surface area contributed by atoms with E-state index in [2.05, 4.69) is 15.6 Å². The molecule has 5 nitrogen and oxygen atoms in total. The van der Waals surface area contributed by atoms with Gasteiger partial charge in [0.15, 0.2) is 0 Å². The molecule has 0 spiro atoms. The van der Waals surface area contributed by atoms with E-state index in [1.165, 1.54) is 7.11 Å². The Morgan fingerprint density at radius 1 is 1.25 bits per heavy atom. The van der Waals surface area contributed by atoms with Crippen LogP contribution in [0.15, 0.2) is 30.3 Å². The van der Waals surface area contributed by atoms with Crippen LogP contribution in [-0.4, -0.2) is 25.0 Å². The molecule has 0 aromatic heterocycles. The van der Waals surface area contributed by atoms with Gasteiger partial charge in [-0.2, -0.15) is 0 Å². The van der Waals surface area contributed by atoms with Crippen LogP contribution in [0.5, 0.6) is 0 Å². The average Bonchev–Trinajstić information content (AvgIpc) is 2.30. The van der Waals surface area contributed by atoms with Gasteiger partial charge in [0.2, 0.25) is 0 Å². The molecule has 0 fully saturated rings. The number of nitrogens with one attached hydrogen (secondary N) is 2. The zero-order chi connectivity index (χ0) is 12.0. The highest BCUT2D eigenvalue weighted by Gasteiger charge is 2.15. The first-order valence-electron chi connectivity index (χ1n) is 4.84. The number of hydrogen-bond acceptors (Lipinski definition) is 3. The molecule has 0 saturated heterocycles. The smallest absolute Gasteiger partial charge is 0.265 e. The maximum Gasteiger partial charge on any atom is 0.265 e. The molecular formula is C11H14N2O3. The molecule has 86 valence electrons. The quantitative estimate of drug-likeness (QED) is 0.728. The van der Waals surface area contributed by atoms with Crippen molar-refractivity contribution in [2.45, 2.75) is 13.0 Å². The van der Waals surface area contributed by atoms with E-state index in [4.69, 9.17) is 0 Å². The minimum atomic E-state index is -0.646. The molecule has 0 aliphatic rings. The molecule has 0 saturated carbocycles. The van der Waals surface area contributed by atoms with Gasteiger partial charge < -0.3 is 5.32 Å². The number of hydrogen-bond donors (Lipinski definition) is 2. The van der Waals surface area contributed by atoms with Crippen molar-refractivity contribution in [1.82, 2.24) is 10.8 Å². The summed E-state index contributed by atoms with van der Waals surface area (Å²) in [6, 6.07) is 8.04. The highest BCUT2D eigenvalue weighted by atomic mass is 16.6. The molecule has 0 radical (unpaired) electrons. The van der Waals surface area contributed by atoms with Crippen LogP contribution < -0.4 is 10.8 Å². The van der Waals surface area contributed by atoms with Crippen molar-refractivity contribution in [2.24, 2.45) is 0 Å². The van der Waals surface area contributed by atoms with E-state index in [9.17, 15) is 9.59 Å². The summed E-state index contributed by atoms with van der Waals surface area (Å²) in [7, 11) is 1.34. The number of carbonyl (C=O) groups is 2. The average molecular weight is 222 g/mol. The third kappa shape index (κ3) is 3.36. The summed E-state index contributed by atoms with van der Waals surface area (Å²) < 4.78 is 0. The summed E-state index contributed by atoms with van der Waals surface area (Å²) >= 11 is 0. The first kappa shape index (κ1) is 12.2. The van der Waals surface area contributed by atoms with Crippen molar-refractivity contribution in [1.29, 1.82) is 0 Å². The second-order valence-corrected chi connectivity index (χ2v) is 3.23. The van der Waals surface area contributed by atoms with Crippen molar-refractivity contribution in [3.05, 3.63) is 35.9 Å². The Morgan fingerprint density at radius 3 is 2.44 bits per heavy atom. The summed E-state index contributed by atoms with van der Waals surface area (Å²) in [5.74, 6) is -0.689. The molecular weight excluding hydrogens is 208 g/mol. The zero-order valence-corrected chi connectivity index (χ0v) is 9.19. The Labute approximate surface area is 93.7 Å². The monoisotopic (exact) mass is 222 g/mol. The standard InChI is InChI=1S/C11H14N2O3/c1-8(10(14)13-16-2)12-11(15)9-6-4-3-5-7-9/h3-8H,1-2H3,(H,12,15)(H,13,14). The molecule has 1 aromatic carbocycles. The molecule has 0 aliphatic carbocycles. The van der Waals surface area contributed by atoms with Crippen molar-refractivity contribution in [3.63, 3.8) is 0 Å². The molecule has 1 atom stereocenters. The van der Waals surface area contributed by atoms with Gasteiger partial charge in [-0.25, -0.2) is 5.48 Å². The van der Waals surface area contributed by atoms with Gasteiger partial charge in [0, 0.05) is 5.56 Å². The lowest BCUT2D eigenvalue weighted by molar-refractivity contribution is -0.132. The van der Waals surface area contributed by atoms with Crippen molar-refractivity contribution < 1.29 is 14.4 Å². The number of hydroxylamine groups is 1. The van der Waals surface area contributed by atoms with Crippen LogP contribution >= 0.6 is 0 Å². The molecule has 0 bridgehead atoms. The van der Waals surface area contributed by atoms with Gasteiger partial charge in [0.25, 0.3) is 11.8 Å². The Balaban J connectivity index is 2.55. The number of amides is 2. The highest BCUT2D eigenvalue weighted by Crippen LogP contribution is 1.98. The Hall–Kier alpha value is -1.88. The van der Waals surface area contributed by atoms with Gasteiger partial charge in [-0.05, 0) is 19.1 Å². The van der Waals surface area contributed by atoms with Crippen LogP contribution in [0.3, 0.4) is 0 Å². The fraction of sp³-hybridized carbons (Fsp3) is 0.273. The third-order valence-electron chi connectivity index (χ3n) is 1.98. The zero-order valence-electron chi connectivity index (χ0n) is 9.19. The lowest BCUT2D eigenvalue weighted by Gasteiger charge is -2.12. The van der Waals surface area contributed by atoms with E-state index in [0.717, 1.165) is 0 Å². The Kier molecular flexibility index (Phi) is 4.47. The number of carbonyl (C=O) groups excluding carboxylic acids is 2. The second-order valence-electron chi connectivity index (χ2n) is 3.23. The fourth-order valence-corrected chi connectivity index (χ4v) is 1.12. The molecule has 1 aromatic rings. The molecule has 2 amide bonds. The lowest BCUT2D eigenvalue weighted by Crippen LogP contribution is -2.44. The fourth-order valence-electron chi connectivity index (χ4n) is 1.12. The third-order valence-corrected chi connectivity index (χ3v) is 1.98. The van der Waals surface area contributed by atoms with Crippen LogP contribution in [0.4, 0.5) is 0 Å². The number of rotatable bonds is 4. The predicted octanol–water partition coefficient (Wildman–Crippen LogP) is 0.482. The maximum atomic E-state index is 11.6. The van der Waals surface area contributed by atoms with E-state index in [-0.39, 0.29) is 5.91 Å². The van der Waals surface area contributed by atoms with Crippen molar-refractivity contribution >= 4 is 11.8 Å². The first-order chi connectivity index (χ1) is 7.65. The van der Waals surface area contributed by atoms with Crippen LogP contribution in [0.25, 0.3) is 0 Å². The number of benzene rings is 1. The van der Waals surface area contributed by atoms with E-state index >= 15 is 0 Å².